The molecule has 0 bridgehead atoms. The van der Waals surface area contributed by atoms with E-state index in [1.165, 1.54) is 19.1 Å². The monoisotopic (exact) mass is 386 g/mol. The molecule has 0 aliphatic carbocycles. The highest BCUT2D eigenvalue weighted by atomic mass is 79.9. The molecular formula is C16H13BrF2O4. The molecule has 0 aromatic heterocycles. The number of halogens is 3. The summed E-state index contributed by atoms with van der Waals surface area (Å²) in [4.78, 5) is 21.6. The summed E-state index contributed by atoms with van der Waals surface area (Å²) in [5.41, 5.74) is 0.516. The first-order chi connectivity index (χ1) is 10.8. The summed E-state index contributed by atoms with van der Waals surface area (Å²) >= 11 is 2.96. The molecule has 0 saturated heterocycles. The molecule has 0 fully saturated rings. The molecule has 0 aliphatic rings. The van der Waals surface area contributed by atoms with Crippen molar-refractivity contribution in [2.75, 3.05) is 5.33 Å². The van der Waals surface area contributed by atoms with Gasteiger partial charge in [0.05, 0.1) is 5.33 Å². The number of carbonyl (C=O) groups excluding carboxylic acids is 2. The Hall–Kier alpha value is -2.28. The van der Waals surface area contributed by atoms with Gasteiger partial charge in [-0.25, -0.2) is 8.78 Å². The summed E-state index contributed by atoms with van der Waals surface area (Å²) in [6.45, 7) is 1.34. The van der Waals surface area contributed by atoms with Crippen LogP contribution in [0.4, 0.5) is 8.78 Å². The molecule has 2 aromatic rings. The maximum absolute atomic E-state index is 12.7. The number of hydrogen-bond acceptors (Lipinski definition) is 4. The normalized spacial score (nSPS) is 9.74. The van der Waals surface area contributed by atoms with Crippen LogP contribution < -0.4 is 0 Å². The van der Waals surface area contributed by atoms with E-state index in [1.807, 2.05) is 0 Å². The SMILES string of the molecule is CC(=O)c1ccc(O)c(F)c1.O=C(CBr)c1ccc(O)c(F)c1. The highest BCUT2D eigenvalue weighted by Crippen LogP contribution is 2.17. The molecule has 0 atom stereocenters. The van der Waals surface area contributed by atoms with Crippen molar-refractivity contribution in [2.45, 2.75) is 6.92 Å². The number of hydrogen-bond donors (Lipinski definition) is 2. The molecule has 2 N–H and O–H groups in total. The minimum absolute atomic E-state index is 0.150. The molecule has 0 saturated carbocycles. The first kappa shape index (κ1) is 18.8. The van der Waals surface area contributed by atoms with Gasteiger partial charge >= 0.3 is 0 Å². The van der Waals surface area contributed by atoms with Crippen LogP contribution in [0.3, 0.4) is 0 Å². The molecule has 4 nitrogen and oxygen atoms in total. The van der Waals surface area contributed by atoms with E-state index in [1.54, 1.807) is 0 Å². The Balaban J connectivity index is 0.000000231. The third-order valence-corrected chi connectivity index (χ3v) is 3.25. The van der Waals surface area contributed by atoms with Crippen LogP contribution in [0.25, 0.3) is 0 Å². The Morgan fingerprint density at radius 2 is 1.39 bits per heavy atom. The fourth-order valence-corrected chi connectivity index (χ4v) is 1.81. The van der Waals surface area contributed by atoms with Crippen LogP contribution in [-0.4, -0.2) is 27.1 Å². The van der Waals surface area contributed by atoms with Crippen molar-refractivity contribution in [3.63, 3.8) is 0 Å². The number of alkyl halides is 1. The van der Waals surface area contributed by atoms with E-state index in [-0.39, 0.29) is 28.0 Å². The van der Waals surface area contributed by atoms with Gasteiger partial charge in [-0.1, -0.05) is 15.9 Å². The highest BCUT2D eigenvalue weighted by molar-refractivity contribution is 9.09. The summed E-state index contributed by atoms with van der Waals surface area (Å²) in [6, 6.07) is 7.09. The van der Waals surface area contributed by atoms with E-state index in [2.05, 4.69) is 15.9 Å². The molecule has 0 aliphatic heterocycles. The lowest BCUT2D eigenvalue weighted by atomic mass is 10.1. The van der Waals surface area contributed by atoms with Gasteiger partial charge in [-0.15, -0.1) is 0 Å². The number of rotatable bonds is 3. The van der Waals surface area contributed by atoms with Crippen molar-refractivity contribution in [1.82, 2.24) is 0 Å². The molecule has 0 heterocycles. The van der Waals surface area contributed by atoms with Gasteiger partial charge in [-0.3, -0.25) is 9.59 Å². The number of ketones is 2. The van der Waals surface area contributed by atoms with Crippen LogP contribution in [-0.2, 0) is 0 Å². The van der Waals surface area contributed by atoms with Crippen LogP contribution in [0.15, 0.2) is 36.4 Å². The average molecular weight is 387 g/mol. The van der Waals surface area contributed by atoms with Gasteiger partial charge in [0.2, 0.25) is 0 Å². The first-order valence-corrected chi connectivity index (χ1v) is 7.45. The largest absolute Gasteiger partial charge is 0.505 e. The Bertz CT molecular complexity index is 732. The molecule has 2 rings (SSSR count). The summed E-state index contributed by atoms with van der Waals surface area (Å²) < 4.78 is 25.2. The lowest BCUT2D eigenvalue weighted by Crippen LogP contribution is -1.99. The van der Waals surface area contributed by atoms with Crippen molar-refractivity contribution in [1.29, 1.82) is 0 Å². The van der Waals surface area contributed by atoms with E-state index in [0.717, 1.165) is 24.3 Å². The molecule has 122 valence electrons. The number of Topliss-reactive ketones (excluding diaryl/α,β-unsaturated/α-hetero) is 2. The second kappa shape index (κ2) is 8.38. The van der Waals surface area contributed by atoms with Crippen molar-refractivity contribution in [3.8, 4) is 11.5 Å². The van der Waals surface area contributed by atoms with Gasteiger partial charge in [-0.2, -0.15) is 0 Å². The van der Waals surface area contributed by atoms with Crippen LogP contribution in [0.1, 0.15) is 27.6 Å². The van der Waals surface area contributed by atoms with Crippen molar-refractivity contribution < 1.29 is 28.6 Å². The minimum atomic E-state index is -0.776. The quantitative estimate of drug-likeness (QED) is 0.620. The lowest BCUT2D eigenvalue weighted by Gasteiger charge is -1.98. The van der Waals surface area contributed by atoms with E-state index >= 15 is 0 Å². The second-order valence-corrected chi connectivity index (χ2v) is 5.01. The van der Waals surface area contributed by atoms with E-state index < -0.39 is 23.1 Å². The Morgan fingerprint density at radius 3 is 1.78 bits per heavy atom. The molecule has 0 unspecified atom stereocenters. The van der Waals surface area contributed by atoms with Crippen molar-refractivity contribution in [2.24, 2.45) is 0 Å². The summed E-state index contributed by atoms with van der Waals surface area (Å²) in [5, 5.41) is 17.7. The number of carbonyl (C=O) groups is 2. The van der Waals surface area contributed by atoms with Crippen LogP contribution >= 0.6 is 15.9 Å². The second-order valence-electron chi connectivity index (χ2n) is 4.45. The molecule has 2 aromatic carbocycles. The topological polar surface area (TPSA) is 74.6 Å². The third-order valence-electron chi connectivity index (χ3n) is 2.75. The first-order valence-electron chi connectivity index (χ1n) is 6.33. The smallest absolute Gasteiger partial charge is 0.173 e. The van der Waals surface area contributed by atoms with Gasteiger partial charge in [0, 0.05) is 11.1 Å². The fraction of sp³-hybridized carbons (Fsp3) is 0.125. The summed E-state index contributed by atoms with van der Waals surface area (Å²) in [7, 11) is 0. The van der Waals surface area contributed by atoms with E-state index in [4.69, 9.17) is 10.2 Å². The maximum Gasteiger partial charge on any atom is 0.173 e. The number of aromatic hydroxyl groups is 2. The predicted octanol–water partition coefficient (Wildman–Crippen LogP) is 3.84. The van der Waals surface area contributed by atoms with Crippen LogP contribution in [0.2, 0.25) is 0 Å². The zero-order valence-electron chi connectivity index (χ0n) is 12.0. The molecule has 0 amide bonds. The molecule has 23 heavy (non-hydrogen) atoms. The lowest BCUT2D eigenvalue weighted by molar-refractivity contribution is 0.101. The molecule has 7 heteroatoms. The summed E-state index contributed by atoms with van der Waals surface area (Å²) in [5.74, 6) is -2.85. The number of phenolic OH excluding ortho intramolecular Hbond substituents is 2. The van der Waals surface area contributed by atoms with Gasteiger partial charge in [0.15, 0.2) is 34.7 Å². The summed E-state index contributed by atoms with van der Waals surface area (Å²) in [6.07, 6.45) is 0. The van der Waals surface area contributed by atoms with Gasteiger partial charge in [0.25, 0.3) is 0 Å². The molecule has 0 radical (unpaired) electrons. The standard InChI is InChI=1S/C8H6BrFO2.C8H7FO2/c9-4-8(12)5-1-2-7(11)6(10)3-5;1-5(10)6-2-3-8(11)7(9)4-6/h1-3,11H,4H2;2-4,11H,1H3. The Morgan fingerprint density at radius 1 is 0.957 bits per heavy atom. The minimum Gasteiger partial charge on any atom is -0.505 e. The Labute approximate surface area is 139 Å². The predicted molar refractivity (Wildman–Crippen MR) is 84.3 cm³/mol. The highest BCUT2D eigenvalue weighted by Gasteiger charge is 2.07. The zero-order chi connectivity index (χ0) is 17.6. The van der Waals surface area contributed by atoms with E-state index in [9.17, 15) is 18.4 Å². The van der Waals surface area contributed by atoms with Crippen molar-refractivity contribution in [3.05, 3.63) is 59.2 Å². The van der Waals surface area contributed by atoms with Gasteiger partial charge < -0.3 is 10.2 Å². The van der Waals surface area contributed by atoms with Crippen LogP contribution in [0.5, 0.6) is 11.5 Å². The maximum atomic E-state index is 12.7. The fourth-order valence-electron chi connectivity index (χ4n) is 1.48. The molecule has 0 spiro atoms. The van der Waals surface area contributed by atoms with Gasteiger partial charge in [-0.05, 0) is 43.3 Å². The van der Waals surface area contributed by atoms with Gasteiger partial charge in [0.1, 0.15) is 0 Å². The molecular weight excluding hydrogens is 374 g/mol. The Kier molecular flexibility index (Phi) is 6.84. The average Bonchev–Trinajstić information content (AvgIpc) is 2.52. The number of benzene rings is 2. The van der Waals surface area contributed by atoms with Crippen molar-refractivity contribution >= 4 is 27.5 Å². The van der Waals surface area contributed by atoms with E-state index in [0.29, 0.717) is 0 Å². The number of phenols is 2. The zero-order valence-corrected chi connectivity index (χ0v) is 13.6. The third kappa shape index (κ3) is 5.45. The van der Waals surface area contributed by atoms with Crippen LogP contribution in [0, 0.1) is 11.6 Å².